The number of carbonyl (C=O) groups is 1. The smallest absolute Gasteiger partial charge is 0.409 e. The van der Waals surface area contributed by atoms with Gasteiger partial charge in [0.1, 0.15) is 6.61 Å². The van der Waals surface area contributed by atoms with Gasteiger partial charge in [-0.15, -0.1) is 0 Å². The molecule has 0 aliphatic rings. The molecule has 0 heterocycles. The highest BCUT2D eigenvalue weighted by Crippen LogP contribution is 2.05. The molecule has 0 fully saturated rings. The van der Waals surface area contributed by atoms with Crippen molar-refractivity contribution in [2.75, 3.05) is 6.26 Å². The van der Waals surface area contributed by atoms with Gasteiger partial charge in [0, 0.05) is 0 Å². The molecule has 1 N–H and O–H groups in total. The van der Waals surface area contributed by atoms with Crippen LogP contribution in [0.25, 0.3) is 0 Å². The summed E-state index contributed by atoms with van der Waals surface area (Å²) in [5.74, 6) is 0. The van der Waals surface area contributed by atoms with Gasteiger partial charge in [0.15, 0.2) is 6.23 Å². The first-order valence-corrected chi connectivity index (χ1v) is 8.08. The van der Waals surface area contributed by atoms with Gasteiger partial charge in [0.25, 0.3) is 10.1 Å². The zero-order chi connectivity index (χ0) is 15.0. The van der Waals surface area contributed by atoms with E-state index >= 15 is 0 Å². The van der Waals surface area contributed by atoms with Crippen molar-refractivity contribution >= 4 is 16.2 Å². The zero-order valence-corrected chi connectivity index (χ0v) is 12.4. The van der Waals surface area contributed by atoms with Gasteiger partial charge in [0.05, 0.1) is 6.26 Å². The van der Waals surface area contributed by atoms with Crippen LogP contribution in [-0.4, -0.2) is 27.0 Å². The second-order valence-corrected chi connectivity index (χ2v) is 5.88. The first-order valence-electron chi connectivity index (χ1n) is 6.26. The van der Waals surface area contributed by atoms with Crippen LogP contribution in [-0.2, 0) is 25.6 Å². The van der Waals surface area contributed by atoms with E-state index in [1.807, 2.05) is 37.3 Å². The Morgan fingerprint density at radius 2 is 1.95 bits per heavy atom. The van der Waals surface area contributed by atoms with Crippen LogP contribution in [0.4, 0.5) is 4.79 Å². The van der Waals surface area contributed by atoms with E-state index in [1.54, 1.807) is 0 Å². The van der Waals surface area contributed by atoms with Crippen LogP contribution in [0.5, 0.6) is 0 Å². The molecule has 0 aromatic heterocycles. The maximum absolute atomic E-state index is 11.6. The molecule has 6 nitrogen and oxygen atoms in total. The van der Waals surface area contributed by atoms with Crippen LogP contribution < -0.4 is 5.32 Å². The van der Waals surface area contributed by atoms with Crippen molar-refractivity contribution in [3.05, 3.63) is 35.9 Å². The van der Waals surface area contributed by atoms with Crippen molar-refractivity contribution in [3.63, 3.8) is 0 Å². The van der Waals surface area contributed by atoms with Gasteiger partial charge in [-0.2, -0.15) is 8.42 Å². The maximum atomic E-state index is 11.6. The van der Waals surface area contributed by atoms with E-state index in [0.29, 0.717) is 12.8 Å². The van der Waals surface area contributed by atoms with E-state index in [0.717, 1.165) is 11.8 Å². The quantitative estimate of drug-likeness (QED) is 0.615. The molecule has 1 unspecified atom stereocenters. The Balaban J connectivity index is 2.45. The lowest BCUT2D eigenvalue weighted by Gasteiger charge is -2.17. The van der Waals surface area contributed by atoms with Gasteiger partial charge in [-0.05, 0) is 12.0 Å². The van der Waals surface area contributed by atoms with Crippen LogP contribution in [0.3, 0.4) is 0 Å². The normalized spacial score (nSPS) is 12.7. The Hall–Kier alpha value is -1.60. The molecule has 0 aliphatic heterocycles. The van der Waals surface area contributed by atoms with E-state index in [1.165, 1.54) is 0 Å². The molecule has 0 aliphatic carbocycles. The fraction of sp³-hybridized carbons (Fsp3) is 0.462. The third kappa shape index (κ3) is 7.10. The van der Waals surface area contributed by atoms with Crippen LogP contribution >= 0.6 is 0 Å². The minimum Gasteiger partial charge on any atom is -0.445 e. The summed E-state index contributed by atoms with van der Waals surface area (Å²) in [6.45, 7) is 1.97. The van der Waals surface area contributed by atoms with Crippen molar-refractivity contribution in [1.29, 1.82) is 0 Å². The molecular formula is C13H19NO5S. The summed E-state index contributed by atoms with van der Waals surface area (Å²) in [4.78, 5) is 11.6. The number of amides is 1. The standard InChI is InChI=1S/C13H19NO5S/c1-3-7-12(19-20(2,16)17)14-13(15)18-10-11-8-5-4-6-9-11/h4-6,8-9,12H,3,7,10H2,1-2H3,(H,14,15). The van der Waals surface area contributed by atoms with Gasteiger partial charge in [-0.3, -0.25) is 5.32 Å². The van der Waals surface area contributed by atoms with E-state index in [9.17, 15) is 13.2 Å². The second kappa shape index (κ2) is 7.86. The van der Waals surface area contributed by atoms with E-state index in [2.05, 4.69) is 5.32 Å². The van der Waals surface area contributed by atoms with Crippen molar-refractivity contribution in [3.8, 4) is 0 Å². The van der Waals surface area contributed by atoms with E-state index < -0.39 is 22.4 Å². The number of ether oxygens (including phenoxy) is 1. The summed E-state index contributed by atoms with van der Waals surface area (Å²) in [6.07, 6.45) is 0.369. The fourth-order valence-electron chi connectivity index (χ4n) is 1.51. The molecular weight excluding hydrogens is 282 g/mol. The fourth-order valence-corrected chi connectivity index (χ4v) is 2.08. The average molecular weight is 301 g/mol. The Morgan fingerprint density at radius 1 is 1.30 bits per heavy atom. The number of hydrogen-bond acceptors (Lipinski definition) is 5. The molecule has 1 amide bonds. The number of carbonyl (C=O) groups excluding carboxylic acids is 1. The van der Waals surface area contributed by atoms with Gasteiger partial charge in [-0.1, -0.05) is 43.7 Å². The topological polar surface area (TPSA) is 81.7 Å². The van der Waals surface area contributed by atoms with Crippen molar-refractivity contribution in [2.45, 2.75) is 32.6 Å². The van der Waals surface area contributed by atoms with Crippen molar-refractivity contribution < 1.29 is 22.1 Å². The summed E-state index contributed by atoms with van der Waals surface area (Å²) >= 11 is 0. The predicted octanol–water partition coefficient (Wildman–Crippen LogP) is 2.02. The van der Waals surface area contributed by atoms with Crippen LogP contribution in [0.1, 0.15) is 25.3 Å². The number of benzene rings is 1. The highest BCUT2D eigenvalue weighted by atomic mass is 32.2. The van der Waals surface area contributed by atoms with Crippen LogP contribution in [0.2, 0.25) is 0 Å². The number of rotatable bonds is 7. The Kier molecular flexibility index (Phi) is 6.47. The lowest BCUT2D eigenvalue weighted by atomic mass is 10.2. The number of nitrogens with one attached hydrogen (secondary N) is 1. The van der Waals surface area contributed by atoms with Crippen molar-refractivity contribution in [1.82, 2.24) is 5.32 Å². The molecule has 7 heteroatoms. The van der Waals surface area contributed by atoms with E-state index in [-0.39, 0.29) is 6.61 Å². The molecule has 0 radical (unpaired) electrons. The highest BCUT2D eigenvalue weighted by Gasteiger charge is 2.17. The first-order chi connectivity index (χ1) is 9.40. The molecule has 1 rings (SSSR count). The van der Waals surface area contributed by atoms with Crippen molar-refractivity contribution in [2.24, 2.45) is 0 Å². The van der Waals surface area contributed by atoms with Gasteiger partial charge in [0.2, 0.25) is 0 Å². The SMILES string of the molecule is CCCC(NC(=O)OCc1ccccc1)OS(C)(=O)=O. The summed E-state index contributed by atoms with van der Waals surface area (Å²) in [5, 5.41) is 2.38. The molecule has 1 atom stereocenters. The molecule has 0 saturated heterocycles. The molecule has 0 saturated carbocycles. The first kappa shape index (κ1) is 16.5. The van der Waals surface area contributed by atoms with Crippen LogP contribution in [0.15, 0.2) is 30.3 Å². The Morgan fingerprint density at radius 3 is 2.50 bits per heavy atom. The summed E-state index contributed by atoms with van der Waals surface area (Å²) in [6, 6.07) is 9.18. The Bertz CT molecular complexity index is 515. The van der Waals surface area contributed by atoms with Gasteiger partial charge >= 0.3 is 6.09 Å². The van der Waals surface area contributed by atoms with Gasteiger partial charge < -0.3 is 4.74 Å². The third-order valence-corrected chi connectivity index (χ3v) is 2.92. The Labute approximate surface area is 119 Å². The molecule has 0 spiro atoms. The zero-order valence-electron chi connectivity index (χ0n) is 11.5. The third-order valence-electron chi connectivity index (χ3n) is 2.33. The minimum absolute atomic E-state index is 0.115. The number of alkyl carbamates (subject to hydrolysis) is 1. The minimum atomic E-state index is -3.63. The molecule has 112 valence electrons. The number of hydrogen-bond donors (Lipinski definition) is 1. The molecule has 1 aromatic rings. The van der Waals surface area contributed by atoms with Gasteiger partial charge in [-0.25, -0.2) is 8.98 Å². The monoisotopic (exact) mass is 301 g/mol. The lowest BCUT2D eigenvalue weighted by molar-refractivity contribution is 0.105. The molecule has 1 aromatic carbocycles. The summed E-state index contributed by atoms with van der Waals surface area (Å²) < 4.78 is 31.9. The average Bonchev–Trinajstić information content (AvgIpc) is 2.36. The van der Waals surface area contributed by atoms with Crippen LogP contribution in [0, 0.1) is 0 Å². The summed E-state index contributed by atoms with van der Waals surface area (Å²) in [5.41, 5.74) is 0.846. The largest absolute Gasteiger partial charge is 0.445 e. The second-order valence-electron chi connectivity index (χ2n) is 4.28. The predicted molar refractivity (Wildman–Crippen MR) is 74.4 cm³/mol. The molecule has 0 bridgehead atoms. The summed E-state index contributed by atoms with van der Waals surface area (Å²) in [7, 11) is -3.63. The lowest BCUT2D eigenvalue weighted by Crippen LogP contribution is -2.38. The molecule has 20 heavy (non-hydrogen) atoms. The van der Waals surface area contributed by atoms with E-state index in [4.69, 9.17) is 8.92 Å². The highest BCUT2D eigenvalue weighted by molar-refractivity contribution is 7.86. The maximum Gasteiger partial charge on any atom is 0.409 e.